The van der Waals surface area contributed by atoms with Crippen LogP contribution in [0.15, 0.2) is 30.5 Å². The maximum atomic E-state index is 10.9. The molecule has 2 rings (SSSR count). The van der Waals surface area contributed by atoms with Crippen molar-refractivity contribution >= 4 is 17.6 Å². The summed E-state index contributed by atoms with van der Waals surface area (Å²) in [6.07, 6.45) is 8.60. The number of rotatable bonds is 10. The molecule has 1 N–H and O–H groups in total. The van der Waals surface area contributed by atoms with Crippen molar-refractivity contribution in [3.63, 3.8) is 0 Å². The summed E-state index contributed by atoms with van der Waals surface area (Å²) in [7, 11) is 0. The summed E-state index contributed by atoms with van der Waals surface area (Å²) in [5.41, 5.74) is 0.648. The van der Waals surface area contributed by atoms with Crippen LogP contribution in [0, 0.1) is 0 Å². The lowest BCUT2D eigenvalue weighted by Crippen LogP contribution is -2.02. The molecule has 0 fully saturated rings. The van der Waals surface area contributed by atoms with Crippen molar-refractivity contribution in [2.45, 2.75) is 45.4 Å². The molecule has 0 spiro atoms. The van der Waals surface area contributed by atoms with Gasteiger partial charge in [-0.15, -0.1) is 0 Å². The van der Waals surface area contributed by atoms with E-state index in [1.165, 1.54) is 38.3 Å². The van der Waals surface area contributed by atoms with Crippen LogP contribution in [0.4, 0.5) is 0 Å². The molecule has 1 heterocycles. The summed E-state index contributed by atoms with van der Waals surface area (Å²) < 4.78 is 5.73. The number of ether oxygens (including phenoxy) is 1. The molecule has 6 heteroatoms. The van der Waals surface area contributed by atoms with Crippen molar-refractivity contribution in [1.82, 2.24) is 9.97 Å². The molecule has 0 saturated carbocycles. The van der Waals surface area contributed by atoms with Gasteiger partial charge in [0.05, 0.1) is 6.61 Å². The first-order valence-corrected chi connectivity index (χ1v) is 8.98. The van der Waals surface area contributed by atoms with Crippen LogP contribution in [0.2, 0.25) is 5.15 Å². The fraction of sp³-hybridized carbons (Fsp3) is 0.421. The molecule has 2 aromatic rings. The summed E-state index contributed by atoms with van der Waals surface area (Å²) in [5, 5.41) is 8.88. The first kappa shape index (κ1) is 19.2. The van der Waals surface area contributed by atoms with Crippen molar-refractivity contribution in [3.8, 4) is 17.1 Å². The molecule has 0 bridgehead atoms. The SMILES string of the molecule is CCCCCCCCOc1ccc(-c2ncc(C(=O)O)c(Cl)n2)cc1. The zero-order valence-electron chi connectivity index (χ0n) is 14.4. The summed E-state index contributed by atoms with van der Waals surface area (Å²) in [6.45, 7) is 2.92. The molecule has 0 radical (unpaired) electrons. The summed E-state index contributed by atoms with van der Waals surface area (Å²) in [6, 6.07) is 7.38. The Morgan fingerprint density at radius 2 is 1.80 bits per heavy atom. The second kappa shape index (κ2) is 9.99. The molecule has 5 nitrogen and oxygen atoms in total. The highest BCUT2D eigenvalue weighted by molar-refractivity contribution is 6.32. The van der Waals surface area contributed by atoms with Gasteiger partial charge < -0.3 is 9.84 Å². The van der Waals surface area contributed by atoms with E-state index in [4.69, 9.17) is 21.4 Å². The molecule has 1 aromatic heterocycles. The predicted molar refractivity (Wildman–Crippen MR) is 98.3 cm³/mol. The number of halogens is 1. The van der Waals surface area contributed by atoms with Gasteiger partial charge in [0.2, 0.25) is 0 Å². The van der Waals surface area contributed by atoms with Crippen LogP contribution in [0.25, 0.3) is 11.4 Å². The van der Waals surface area contributed by atoms with Gasteiger partial charge in [-0.1, -0.05) is 50.6 Å². The summed E-state index contributed by atoms with van der Waals surface area (Å²) >= 11 is 5.88. The number of carboxylic acids is 1. The highest BCUT2D eigenvalue weighted by atomic mass is 35.5. The topological polar surface area (TPSA) is 72.3 Å². The highest BCUT2D eigenvalue weighted by Crippen LogP contribution is 2.22. The molecular weight excluding hydrogens is 340 g/mol. The Kier molecular flexibility index (Phi) is 7.67. The number of carboxylic acid groups (broad SMARTS) is 1. The average Bonchev–Trinajstić information content (AvgIpc) is 2.61. The molecule has 0 aliphatic rings. The summed E-state index contributed by atoms with van der Waals surface area (Å²) in [5.74, 6) is 0.0398. The minimum absolute atomic E-state index is 0.0686. The number of hydrogen-bond acceptors (Lipinski definition) is 4. The third-order valence-corrected chi connectivity index (χ3v) is 4.14. The number of aromatic nitrogens is 2. The first-order chi connectivity index (χ1) is 12.1. The molecule has 25 heavy (non-hydrogen) atoms. The van der Waals surface area contributed by atoms with E-state index in [0.29, 0.717) is 12.4 Å². The maximum absolute atomic E-state index is 10.9. The van der Waals surface area contributed by atoms with Gasteiger partial charge in [-0.3, -0.25) is 0 Å². The van der Waals surface area contributed by atoms with Crippen LogP contribution in [0.1, 0.15) is 55.8 Å². The molecule has 0 unspecified atom stereocenters. The van der Waals surface area contributed by atoms with E-state index in [-0.39, 0.29) is 10.7 Å². The molecule has 0 aliphatic heterocycles. The second-order valence-corrected chi connectivity index (χ2v) is 6.20. The zero-order valence-corrected chi connectivity index (χ0v) is 15.1. The lowest BCUT2D eigenvalue weighted by Gasteiger charge is -2.07. The van der Waals surface area contributed by atoms with E-state index in [9.17, 15) is 4.79 Å². The molecule has 0 aliphatic carbocycles. The van der Waals surface area contributed by atoms with Gasteiger partial charge >= 0.3 is 5.97 Å². The minimum Gasteiger partial charge on any atom is -0.494 e. The largest absolute Gasteiger partial charge is 0.494 e. The quantitative estimate of drug-likeness (QED) is 0.462. The molecule has 134 valence electrons. The number of benzene rings is 1. The van der Waals surface area contributed by atoms with Gasteiger partial charge in [-0.25, -0.2) is 14.8 Å². The normalized spacial score (nSPS) is 10.6. The van der Waals surface area contributed by atoms with Crippen molar-refractivity contribution < 1.29 is 14.6 Å². The Balaban J connectivity index is 1.85. The average molecular weight is 363 g/mol. The van der Waals surface area contributed by atoms with Gasteiger partial charge in [-0.2, -0.15) is 0 Å². The Morgan fingerprint density at radius 1 is 1.12 bits per heavy atom. The Labute approximate surface area is 153 Å². The lowest BCUT2D eigenvalue weighted by molar-refractivity contribution is 0.0696. The second-order valence-electron chi connectivity index (χ2n) is 5.84. The third kappa shape index (κ3) is 6.02. The predicted octanol–water partition coefficient (Wildman–Crippen LogP) is 5.23. The van der Waals surface area contributed by atoms with Gasteiger partial charge in [0.15, 0.2) is 5.82 Å². The minimum atomic E-state index is -1.14. The van der Waals surface area contributed by atoms with Gasteiger partial charge in [0, 0.05) is 11.8 Å². The molecular formula is C19H23ClN2O3. The number of hydrogen-bond donors (Lipinski definition) is 1. The Hall–Kier alpha value is -2.14. The standard InChI is InChI=1S/C19H23ClN2O3/c1-2-3-4-5-6-7-12-25-15-10-8-14(9-11-15)18-21-13-16(19(23)24)17(20)22-18/h8-11,13H,2-7,12H2,1H3,(H,23,24). The van der Waals surface area contributed by atoms with Crippen molar-refractivity contribution in [1.29, 1.82) is 0 Å². The fourth-order valence-corrected chi connectivity index (χ4v) is 2.63. The molecule has 1 aromatic carbocycles. The van der Waals surface area contributed by atoms with E-state index >= 15 is 0 Å². The van der Waals surface area contributed by atoms with Crippen molar-refractivity contribution in [2.24, 2.45) is 0 Å². The van der Waals surface area contributed by atoms with E-state index in [1.807, 2.05) is 24.3 Å². The molecule has 0 atom stereocenters. The van der Waals surface area contributed by atoms with E-state index in [1.54, 1.807) is 0 Å². The molecule has 0 amide bonds. The van der Waals surface area contributed by atoms with Crippen LogP contribution in [-0.2, 0) is 0 Å². The van der Waals surface area contributed by atoms with Gasteiger partial charge in [-0.05, 0) is 30.7 Å². The van der Waals surface area contributed by atoms with Crippen molar-refractivity contribution in [2.75, 3.05) is 6.61 Å². The van der Waals surface area contributed by atoms with Crippen LogP contribution in [0.5, 0.6) is 5.75 Å². The number of unbranched alkanes of at least 4 members (excludes halogenated alkanes) is 5. The van der Waals surface area contributed by atoms with E-state index < -0.39 is 5.97 Å². The van der Waals surface area contributed by atoms with Crippen LogP contribution in [-0.4, -0.2) is 27.7 Å². The van der Waals surface area contributed by atoms with Gasteiger partial charge in [0.1, 0.15) is 16.5 Å². The van der Waals surface area contributed by atoms with Crippen LogP contribution >= 0.6 is 11.6 Å². The fourth-order valence-electron chi connectivity index (χ4n) is 2.42. The molecule has 0 saturated heterocycles. The maximum Gasteiger partial charge on any atom is 0.340 e. The highest BCUT2D eigenvalue weighted by Gasteiger charge is 2.12. The van der Waals surface area contributed by atoms with Crippen LogP contribution in [0.3, 0.4) is 0 Å². The van der Waals surface area contributed by atoms with Crippen molar-refractivity contribution in [3.05, 3.63) is 41.2 Å². The van der Waals surface area contributed by atoms with E-state index in [2.05, 4.69) is 16.9 Å². The lowest BCUT2D eigenvalue weighted by atomic mass is 10.1. The number of carbonyl (C=O) groups is 1. The third-order valence-electron chi connectivity index (χ3n) is 3.85. The smallest absolute Gasteiger partial charge is 0.340 e. The monoisotopic (exact) mass is 362 g/mol. The summed E-state index contributed by atoms with van der Waals surface area (Å²) in [4.78, 5) is 19.0. The first-order valence-electron chi connectivity index (χ1n) is 8.61. The van der Waals surface area contributed by atoms with Gasteiger partial charge in [0.25, 0.3) is 0 Å². The Bertz CT molecular complexity index is 690. The Morgan fingerprint density at radius 3 is 2.44 bits per heavy atom. The zero-order chi connectivity index (χ0) is 18.1. The number of aromatic carboxylic acids is 1. The number of nitrogens with zero attached hydrogens (tertiary/aromatic N) is 2. The van der Waals surface area contributed by atoms with Crippen LogP contribution < -0.4 is 4.74 Å². The van der Waals surface area contributed by atoms with E-state index in [0.717, 1.165) is 17.7 Å².